The van der Waals surface area contributed by atoms with Crippen molar-refractivity contribution in [3.8, 4) is 0 Å². The third kappa shape index (κ3) is 7.00. The van der Waals surface area contributed by atoms with Crippen molar-refractivity contribution in [2.75, 3.05) is 37.5 Å². The number of hydrogen-bond donors (Lipinski definition) is 2. The minimum absolute atomic E-state index is 0.0891. The molecule has 0 bridgehead atoms. The number of benzene rings is 1. The molecule has 0 aliphatic carbocycles. The normalized spacial score (nSPS) is 10.6. The highest BCUT2D eigenvalue weighted by atomic mass is 35.5. The first-order valence-electron chi connectivity index (χ1n) is 6.74. The zero-order valence-electron chi connectivity index (χ0n) is 12.0. The molecule has 0 spiro atoms. The van der Waals surface area contributed by atoms with Crippen molar-refractivity contribution >= 4 is 40.5 Å². The third-order valence-corrected chi connectivity index (χ3v) is 3.17. The summed E-state index contributed by atoms with van der Waals surface area (Å²) in [6.45, 7) is 3.55. The second-order valence-electron chi connectivity index (χ2n) is 4.43. The molecule has 7 heteroatoms. The number of carbonyl (C=O) groups is 1. The molecule has 0 unspecified atom stereocenters. The van der Waals surface area contributed by atoms with Gasteiger partial charge in [0.15, 0.2) is 0 Å². The van der Waals surface area contributed by atoms with Gasteiger partial charge >= 0.3 is 0 Å². The fourth-order valence-corrected chi connectivity index (χ4v) is 2.12. The SMILES string of the molecule is CCCCOCCOCC(=O)Nc1c(Cl)cc(N)cc1Cl. The van der Waals surface area contributed by atoms with Crippen molar-refractivity contribution in [3.63, 3.8) is 0 Å². The Morgan fingerprint density at radius 1 is 1.19 bits per heavy atom. The smallest absolute Gasteiger partial charge is 0.250 e. The molecular formula is C14H20Cl2N2O3. The Balaban J connectivity index is 2.28. The summed E-state index contributed by atoms with van der Waals surface area (Å²) in [6.07, 6.45) is 2.11. The number of carbonyl (C=O) groups excluding carboxylic acids is 1. The number of nitrogens with two attached hydrogens (primary N) is 1. The summed E-state index contributed by atoms with van der Waals surface area (Å²) in [4.78, 5) is 11.7. The van der Waals surface area contributed by atoms with E-state index in [1.54, 1.807) is 0 Å². The first kappa shape index (κ1) is 18.0. The van der Waals surface area contributed by atoms with Gasteiger partial charge in [0.25, 0.3) is 0 Å². The van der Waals surface area contributed by atoms with Gasteiger partial charge in [0.1, 0.15) is 6.61 Å². The monoisotopic (exact) mass is 334 g/mol. The van der Waals surface area contributed by atoms with Gasteiger partial charge in [-0.2, -0.15) is 0 Å². The molecule has 0 heterocycles. The molecule has 0 aliphatic rings. The van der Waals surface area contributed by atoms with Crippen LogP contribution in [0.5, 0.6) is 0 Å². The van der Waals surface area contributed by atoms with Crippen molar-refractivity contribution < 1.29 is 14.3 Å². The zero-order chi connectivity index (χ0) is 15.7. The van der Waals surface area contributed by atoms with Gasteiger partial charge in [-0.15, -0.1) is 0 Å². The maximum atomic E-state index is 11.7. The van der Waals surface area contributed by atoms with Crippen molar-refractivity contribution in [3.05, 3.63) is 22.2 Å². The van der Waals surface area contributed by atoms with Gasteiger partial charge < -0.3 is 20.5 Å². The van der Waals surface area contributed by atoms with Gasteiger partial charge in [0.2, 0.25) is 5.91 Å². The van der Waals surface area contributed by atoms with E-state index in [9.17, 15) is 4.79 Å². The molecule has 118 valence electrons. The van der Waals surface area contributed by atoms with Crippen LogP contribution in [0.3, 0.4) is 0 Å². The molecule has 21 heavy (non-hydrogen) atoms. The van der Waals surface area contributed by atoms with E-state index >= 15 is 0 Å². The predicted molar refractivity (Wildman–Crippen MR) is 86.1 cm³/mol. The Labute approximate surface area is 134 Å². The highest BCUT2D eigenvalue weighted by molar-refractivity contribution is 6.40. The maximum Gasteiger partial charge on any atom is 0.250 e. The molecule has 5 nitrogen and oxygen atoms in total. The molecular weight excluding hydrogens is 315 g/mol. The van der Waals surface area contributed by atoms with Gasteiger partial charge in [-0.25, -0.2) is 0 Å². The summed E-state index contributed by atoms with van der Waals surface area (Å²) in [6, 6.07) is 3.04. The molecule has 1 aromatic carbocycles. The molecule has 0 aromatic heterocycles. The van der Waals surface area contributed by atoms with Crippen LogP contribution in [0.15, 0.2) is 12.1 Å². The van der Waals surface area contributed by atoms with Gasteiger partial charge in [0, 0.05) is 12.3 Å². The standard InChI is InChI=1S/C14H20Cl2N2O3/c1-2-3-4-20-5-6-21-9-13(19)18-14-11(15)7-10(17)8-12(14)16/h7-8H,2-6,9,17H2,1H3,(H,18,19). The summed E-state index contributed by atoms with van der Waals surface area (Å²) >= 11 is 11.9. The quantitative estimate of drug-likeness (QED) is 0.536. The molecule has 0 saturated carbocycles. The molecule has 1 amide bonds. The number of ether oxygens (including phenoxy) is 2. The number of amides is 1. The second kappa shape index (κ2) is 9.84. The highest BCUT2D eigenvalue weighted by Gasteiger charge is 2.11. The van der Waals surface area contributed by atoms with Gasteiger partial charge in [-0.3, -0.25) is 4.79 Å². The van der Waals surface area contributed by atoms with Crippen LogP contribution < -0.4 is 11.1 Å². The first-order valence-corrected chi connectivity index (χ1v) is 7.50. The van der Waals surface area contributed by atoms with Crippen molar-refractivity contribution in [1.82, 2.24) is 0 Å². The van der Waals surface area contributed by atoms with Crippen LogP contribution in [0.4, 0.5) is 11.4 Å². The molecule has 0 aliphatic heterocycles. The van der Waals surface area contributed by atoms with Crippen molar-refractivity contribution in [2.24, 2.45) is 0 Å². The molecule has 0 fully saturated rings. The average molecular weight is 335 g/mol. The summed E-state index contributed by atoms with van der Waals surface area (Å²) in [5.41, 5.74) is 6.35. The van der Waals surface area contributed by atoms with Crippen LogP contribution in [0.25, 0.3) is 0 Å². The van der Waals surface area contributed by atoms with E-state index in [2.05, 4.69) is 12.2 Å². The molecule has 1 rings (SSSR count). The summed E-state index contributed by atoms with van der Waals surface area (Å²) in [5.74, 6) is -0.336. The first-order chi connectivity index (χ1) is 10.0. The van der Waals surface area contributed by atoms with E-state index in [-0.39, 0.29) is 22.6 Å². The largest absolute Gasteiger partial charge is 0.399 e. The number of halogens is 2. The van der Waals surface area contributed by atoms with Crippen LogP contribution in [0, 0.1) is 0 Å². The Hall–Kier alpha value is -1.01. The number of nitrogens with one attached hydrogen (secondary N) is 1. The van der Waals surface area contributed by atoms with Gasteiger partial charge in [0.05, 0.1) is 28.9 Å². The van der Waals surface area contributed by atoms with E-state index in [1.165, 1.54) is 12.1 Å². The lowest BCUT2D eigenvalue weighted by Crippen LogP contribution is -2.20. The number of anilines is 2. The molecule has 3 N–H and O–H groups in total. The van der Waals surface area contributed by atoms with Gasteiger partial charge in [-0.05, 0) is 18.6 Å². The van der Waals surface area contributed by atoms with E-state index in [1.807, 2.05) is 0 Å². The lowest BCUT2D eigenvalue weighted by atomic mass is 10.3. The Kier molecular flexibility index (Phi) is 8.45. The molecule has 0 saturated heterocycles. The molecule has 1 aromatic rings. The van der Waals surface area contributed by atoms with Crippen LogP contribution in [0.1, 0.15) is 19.8 Å². The topological polar surface area (TPSA) is 73.6 Å². The Morgan fingerprint density at radius 2 is 1.81 bits per heavy atom. The molecule has 0 radical (unpaired) electrons. The summed E-state index contributed by atoms with van der Waals surface area (Å²) < 4.78 is 10.5. The maximum absolute atomic E-state index is 11.7. The number of rotatable bonds is 9. The highest BCUT2D eigenvalue weighted by Crippen LogP contribution is 2.32. The number of unbranched alkanes of at least 4 members (excludes halogenated alkanes) is 1. The predicted octanol–water partition coefficient (Wildman–Crippen LogP) is 3.35. The summed E-state index contributed by atoms with van der Waals surface area (Å²) in [7, 11) is 0. The van der Waals surface area contributed by atoms with Crippen LogP contribution in [-0.4, -0.2) is 32.3 Å². The minimum atomic E-state index is -0.336. The van der Waals surface area contributed by atoms with Crippen LogP contribution in [-0.2, 0) is 14.3 Å². The van der Waals surface area contributed by atoms with E-state index < -0.39 is 0 Å². The van der Waals surface area contributed by atoms with Crippen molar-refractivity contribution in [1.29, 1.82) is 0 Å². The summed E-state index contributed by atoms with van der Waals surface area (Å²) in [5, 5.41) is 3.17. The van der Waals surface area contributed by atoms with Gasteiger partial charge in [-0.1, -0.05) is 36.5 Å². The third-order valence-electron chi connectivity index (χ3n) is 2.58. The zero-order valence-corrected chi connectivity index (χ0v) is 13.5. The van der Waals surface area contributed by atoms with Crippen molar-refractivity contribution in [2.45, 2.75) is 19.8 Å². The number of hydrogen-bond acceptors (Lipinski definition) is 4. The molecule has 0 atom stereocenters. The average Bonchev–Trinajstić information content (AvgIpc) is 2.42. The Bertz CT molecular complexity index is 447. The fraction of sp³-hybridized carbons (Fsp3) is 0.500. The second-order valence-corrected chi connectivity index (χ2v) is 5.24. The van der Waals surface area contributed by atoms with E-state index in [4.69, 9.17) is 38.4 Å². The fourth-order valence-electron chi connectivity index (χ4n) is 1.52. The van der Waals surface area contributed by atoms with Crippen LogP contribution >= 0.6 is 23.2 Å². The van der Waals surface area contributed by atoms with E-state index in [0.29, 0.717) is 31.2 Å². The van der Waals surface area contributed by atoms with E-state index in [0.717, 1.165) is 12.8 Å². The minimum Gasteiger partial charge on any atom is -0.399 e. The number of nitrogen functional groups attached to an aromatic ring is 1. The lowest BCUT2D eigenvalue weighted by molar-refractivity contribution is -0.121. The van der Waals surface area contributed by atoms with Crippen LogP contribution in [0.2, 0.25) is 10.0 Å². The lowest BCUT2D eigenvalue weighted by Gasteiger charge is -2.10. The Morgan fingerprint density at radius 3 is 2.43 bits per heavy atom.